The van der Waals surface area contributed by atoms with E-state index in [4.69, 9.17) is 14.3 Å². The maximum atomic E-state index is 10.6. The van der Waals surface area contributed by atoms with Crippen molar-refractivity contribution in [3.8, 4) is 17.2 Å². The van der Waals surface area contributed by atoms with E-state index in [1.165, 1.54) is 0 Å². The Morgan fingerprint density at radius 3 is 2.76 bits per heavy atom. The molecular formula is C11H10N2O4. The summed E-state index contributed by atoms with van der Waals surface area (Å²) in [5.41, 5.74) is 1.58. The number of ether oxygens (including phenoxy) is 1. The number of carboxylic acids is 1. The topological polar surface area (TPSA) is 85.5 Å². The zero-order valence-corrected chi connectivity index (χ0v) is 9.30. The maximum Gasteiger partial charge on any atom is 0.393 e. The van der Waals surface area contributed by atoms with Crippen LogP contribution in [0.3, 0.4) is 0 Å². The fourth-order valence-electron chi connectivity index (χ4n) is 1.38. The minimum absolute atomic E-state index is 0.153. The van der Waals surface area contributed by atoms with Gasteiger partial charge in [0.1, 0.15) is 5.75 Å². The quantitative estimate of drug-likeness (QED) is 0.870. The lowest BCUT2D eigenvalue weighted by atomic mass is 10.1. The molecule has 1 aromatic heterocycles. The monoisotopic (exact) mass is 234 g/mol. The predicted octanol–water partition coefficient (Wildman–Crippen LogP) is 1.75. The third-order valence-electron chi connectivity index (χ3n) is 2.26. The summed E-state index contributed by atoms with van der Waals surface area (Å²) in [5, 5.41) is 15.7. The largest absolute Gasteiger partial charge is 0.496 e. The van der Waals surface area contributed by atoms with E-state index in [0.717, 1.165) is 5.56 Å². The van der Waals surface area contributed by atoms with Gasteiger partial charge >= 0.3 is 11.9 Å². The molecule has 1 heterocycles. The SMILES string of the molecule is COc1cc(-c2nnc(C(=O)O)o2)ccc1C. The van der Waals surface area contributed by atoms with E-state index >= 15 is 0 Å². The van der Waals surface area contributed by atoms with Crippen molar-refractivity contribution in [1.29, 1.82) is 0 Å². The molecule has 0 spiro atoms. The molecule has 2 rings (SSSR count). The molecule has 0 saturated heterocycles. The van der Waals surface area contributed by atoms with Gasteiger partial charge in [0.15, 0.2) is 0 Å². The van der Waals surface area contributed by atoms with E-state index < -0.39 is 11.9 Å². The maximum absolute atomic E-state index is 10.6. The number of carbonyl (C=O) groups is 1. The van der Waals surface area contributed by atoms with Crippen molar-refractivity contribution in [2.45, 2.75) is 6.92 Å². The fraction of sp³-hybridized carbons (Fsp3) is 0.182. The Balaban J connectivity index is 2.42. The number of aromatic carboxylic acids is 1. The highest BCUT2D eigenvalue weighted by Crippen LogP contribution is 2.25. The molecule has 0 radical (unpaired) electrons. The van der Waals surface area contributed by atoms with Crippen molar-refractivity contribution in [1.82, 2.24) is 10.2 Å². The number of hydrogen-bond donors (Lipinski definition) is 1. The van der Waals surface area contributed by atoms with Gasteiger partial charge in [0.25, 0.3) is 0 Å². The van der Waals surface area contributed by atoms with Gasteiger partial charge in [-0.2, -0.15) is 0 Å². The van der Waals surface area contributed by atoms with Crippen LogP contribution in [0, 0.1) is 6.92 Å². The van der Waals surface area contributed by atoms with Crippen LogP contribution in [0.4, 0.5) is 0 Å². The first kappa shape index (κ1) is 11.1. The van der Waals surface area contributed by atoms with E-state index in [9.17, 15) is 4.79 Å². The summed E-state index contributed by atoms with van der Waals surface area (Å²) in [6, 6.07) is 5.31. The number of aryl methyl sites for hydroxylation is 1. The Bertz CT molecular complexity index is 562. The summed E-state index contributed by atoms with van der Waals surface area (Å²) < 4.78 is 10.1. The Morgan fingerprint density at radius 1 is 1.41 bits per heavy atom. The molecule has 0 fully saturated rings. The molecular weight excluding hydrogens is 224 g/mol. The molecule has 17 heavy (non-hydrogen) atoms. The highest BCUT2D eigenvalue weighted by atomic mass is 16.5. The highest BCUT2D eigenvalue weighted by molar-refractivity contribution is 5.82. The average molecular weight is 234 g/mol. The summed E-state index contributed by atoms with van der Waals surface area (Å²) in [7, 11) is 1.56. The minimum Gasteiger partial charge on any atom is -0.496 e. The van der Waals surface area contributed by atoms with Gasteiger partial charge in [-0.3, -0.25) is 0 Å². The average Bonchev–Trinajstić information content (AvgIpc) is 2.79. The second kappa shape index (κ2) is 4.25. The number of aromatic nitrogens is 2. The number of carboxylic acid groups (broad SMARTS) is 1. The first-order valence-electron chi connectivity index (χ1n) is 4.83. The number of hydrogen-bond acceptors (Lipinski definition) is 5. The van der Waals surface area contributed by atoms with Crippen LogP contribution in [0.1, 0.15) is 16.2 Å². The third-order valence-corrected chi connectivity index (χ3v) is 2.26. The van der Waals surface area contributed by atoms with Crippen LogP contribution in [0.5, 0.6) is 5.75 Å². The molecule has 0 amide bonds. The molecule has 1 N–H and O–H groups in total. The summed E-state index contributed by atoms with van der Waals surface area (Å²) >= 11 is 0. The number of rotatable bonds is 3. The van der Waals surface area contributed by atoms with Gasteiger partial charge in [-0.15, -0.1) is 10.2 Å². The van der Waals surface area contributed by atoms with Crippen molar-refractivity contribution in [2.75, 3.05) is 7.11 Å². The molecule has 1 aromatic carbocycles. The summed E-state index contributed by atoms with van der Waals surface area (Å²) in [5.74, 6) is -0.847. The van der Waals surface area contributed by atoms with Crippen LogP contribution in [0.25, 0.3) is 11.5 Å². The van der Waals surface area contributed by atoms with Gasteiger partial charge in [0.05, 0.1) is 7.11 Å². The predicted molar refractivity (Wildman–Crippen MR) is 58.0 cm³/mol. The molecule has 0 bridgehead atoms. The summed E-state index contributed by atoms with van der Waals surface area (Å²) in [6.45, 7) is 1.90. The van der Waals surface area contributed by atoms with Crippen LogP contribution < -0.4 is 4.74 Å². The first-order chi connectivity index (χ1) is 8.11. The Hall–Kier alpha value is -2.37. The van der Waals surface area contributed by atoms with E-state index in [2.05, 4.69) is 10.2 Å². The molecule has 0 aliphatic carbocycles. The van der Waals surface area contributed by atoms with Crippen LogP contribution in [0.15, 0.2) is 22.6 Å². The van der Waals surface area contributed by atoms with Crippen molar-refractivity contribution in [3.63, 3.8) is 0 Å². The first-order valence-corrected chi connectivity index (χ1v) is 4.83. The fourth-order valence-corrected chi connectivity index (χ4v) is 1.38. The van der Waals surface area contributed by atoms with E-state index in [1.807, 2.05) is 13.0 Å². The van der Waals surface area contributed by atoms with Crippen LogP contribution >= 0.6 is 0 Å². The zero-order valence-electron chi connectivity index (χ0n) is 9.30. The van der Waals surface area contributed by atoms with Gasteiger partial charge in [-0.25, -0.2) is 4.79 Å². The number of methoxy groups -OCH3 is 1. The summed E-state index contributed by atoms with van der Waals surface area (Å²) in [4.78, 5) is 10.6. The van der Waals surface area contributed by atoms with Gasteiger partial charge in [0, 0.05) is 5.56 Å². The van der Waals surface area contributed by atoms with Gasteiger partial charge < -0.3 is 14.3 Å². The molecule has 0 aliphatic rings. The zero-order chi connectivity index (χ0) is 12.4. The van der Waals surface area contributed by atoms with Gasteiger partial charge in [-0.05, 0) is 24.6 Å². The van der Waals surface area contributed by atoms with Crippen molar-refractivity contribution >= 4 is 5.97 Å². The van der Waals surface area contributed by atoms with Gasteiger partial charge in [0.2, 0.25) is 5.89 Å². The highest BCUT2D eigenvalue weighted by Gasteiger charge is 2.14. The van der Waals surface area contributed by atoms with Crippen LogP contribution in [-0.4, -0.2) is 28.4 Å². The normalized spacial score (nSPS) is 10.2. The molecule has 0 atom stereocenters. The van der Waals surface area contributed by atoms with E-state index in [-0.39, 0.29) is 5.89 Å². The van der Waals surface area contributed by atoms with Crippen molar-refractivity contribution in [2.24, 2.45) is 0 Å². The molecule has 0 aliphatic heterocycles. The van der Waals surface area contributed by atoms with Crippen molar-refractivity contribution < 1.29 is 19.1 Å². The second-order valence-corrected chi connectivity index (χ2v) is 3.40. The molecule has 0 saturated carbocycles. The molecule has 6 nitrogen and oxygen atoms in total. The standard InChI is InChI=1S/C11H10N2O4/c1-6-3-4-7(5-8(6)16-2)9-12-13-10(17-9)11(14)15/h3-5H,1-2H3,(H,14,15). The Morgan fingerprint density at radius 2 is 2.18 bits per heavy atom. The number of nitrogens with zero attached hydrogens (tertiary/aromatic N) is 2. The lowest BCUT2D eigenvalue weighted by molar-refractivity contribution is 0.0654. The summed E-state index contributed by atoms with van der Waals surface area (Å²) in [6.07, 6.45) is 0. The minimum atomic E-state index is -1.25. The Labute approximate surface area is 96.9 Å². The van der Waals surface area contributed by atoms with Crippen LogP contribution in [0.2, 0.25) is 0 Å². The van der Waals surface area contributed by atoms with Gasteiger partial charge in [-0.1, -0.05) is 6.07 Å². The lowest BCUT2D eigenvalue weighted by Crippen LogP contribution is -1.95. The third kappa shape index (κ3) is 2.10. The molecule has 0 unspecified atom stereocenters. The molecule has 88 valence electrons. The number of benzene rings is 1. The molecule has 2 aromatic rings. The van der Waals surface area contributed by atoms with E-state index in [0.29, 0.717) is 11.3 Å². The smallest absolute Gasteiger partial charge is 0.393 e. The second-order valence-electron chi connectivity index (χ2n) is 3.40. The molecule has 6 heteroatoms. The van der Waals surface area contributed by atoms with Crippen molar-refractivity contribution in [3.05, 3.63) is 29.7 Å². The lowest BCUT2D eigenvalue weighted by Gasteiger charge is -2.04. The van der Waals surface area contributed by atoms with E-state index in [1.54, 1.807) is 19.2 Å². The Kier molecular flexibility index (Phi) is 2.78. The van der Waals surface area contributed by atoms with Crippen LogP contribution in [-0.2, 0) is 0 Å².